The van der Waals surface area contributed by atoms with E-state index in [1.165, 1.54) is 0 Å². The van der Waals surface area contributed by atoms with Crippen LogP contribution in [0.2, 0.25) is 0 Å². The molecule has 1 atom stereocenters. The van der Waals surface area contributed by atoms with E-state index in [2.05, 4.69) is 25.8 Å². The van der Waals surface area contributed by atoms with Crippen molar-refractivity contribution in [1.82, 2.24) is 0 Å². The number of hydrogen-bond donors (Lipinski definition) is 1. The molecule has 1 unspecified atom stereocenters. The molecule has 1 N–H and O–H groups in total. The third-order valence-electron chi connectivity index (χ3n) is 2.66. The number of nitrogens with zero attached hydrogens (tertiary/aromatic N) is 1. The van der Waals surface area contributed by atoms with Crippen molar-refractivity contribution in [1.29, 1.82) is 0 Å². The van der Waals surface area contributed by atoms with Gasteiger partial charge >= 0.3 is 0 Å². The molecule has 2 nitrogen and oxygen atoms in total. The Bertz CT molecular complexity index is 202. The van der Waals surface area contributed by atoms with Crippen LogP contribution in [0, 0.1) is 45.9 Å². The second kappa shape index (κ2) is 8.11. The van der Waals surface area contributed by atoms with Crippen molar-refractivity contribution >= 4 is 5.71 Å². The Kier molecular flexibility index (Phi) is 9.90. The molecule has 0 aliphatic rings. The minimum atomic E-state index is -0.709. The number of hydrogen-bond acceptors (Lipinski definition) is 2. The van der Waals surface area contributed by atoms with Crippen LogP contribution in [-0.2, 0) is 0 Å². The fraction of sp³-hybridized carbons (Fsp3) is 0.917. The SMILES string of the molecule is CCCC(O)(C(C)=NC(C)C)C(C)C.[Gd]. The molecule has 0 aliphatic carbocycles. The smallest absolute Gasteiger partial charge is 0.104 e. The first-order chi connectivity index (χ1) is 6.34. The van der Waals surface area contributed by atoms with Crippen LogP contribution < -0.4 is 0 Å². The zero-order valence-electron chi connectivity index (χ0n) is 10.8. The third kappa shape index (κ3) is 5.72. The number of aliphatic hydroxyl groups is 1. The van der Waals surface area contributed by atoms with Gasteiger partial charge in [-0.15, -0.1) is 0 Å². The molecule has 92 valence electrons. The van der Waals surface area contributed by atoms with Crippen LogP contribution in [0.25, 0.3) is 0 Å². The molecule has 0 saturated heterocycles. The summed E-state index contributed by atoms with van der Waals surface area (Å²) >= 11 is 0. The molecule has 0 radical (unpaired) electrons. The molecule has 0 aromatic carbocycles. The standard InChI is InChI=1S/C12H25NO.Gd/c1-7-8-12(14,9(2)3)11(6)13-10(4)5;/h9-10,14H,7-8H2,1-6H3;. The van der Waals surface area contributed by atoms with Crippen molar-refractivity contribution in [3.8, 4) is 0 Å². The third-order valence-corrected chi connectivity index (χ3v) is 2.66. The minimum absolute atomic E-state index is 0. The summed E-state index contributed by atoms with van der Waals surface area (Å²) in [5.74, 6) is 0.227. The molecular formula is C12H25GdNO. The summed E-state index contributed by atoms with van der Waals surface area (Å²) in [5.41, 5.74) is 0.170. The van der Waals surface area contributed by atoms with E-state index in [0.717, 1.165) is 18.6 Å². The normalized spacial score (nSPS) is 16.5. The average molecular weight is 357 g/mol. The predicted octanol–water partition coefficient (Wildman–Crippen LogP) is 3.04. The van der Waals surface area contributed by atoms with E-state index in [4.69, 9.17) is 0 Å². The molecule has 0 aromatic rings. The molecule has 0 heterocycles. The summed E-state index contributed by atoms with van der Waals surface area (Å²) < 4.78 is 0. The van der Waals surface area contributed by atoms with Gasteiger partial charge < -0.3 is 5.11 Å². The Hall–Kier alpha value is 0.955. The molecule has 15 heavy (non-hydrogen) atoms. The van der Waals surface area contributed by atoms with Crippen LogP contribution in [-0.4, -0.2) is 22.5 Å². The zero-order valence-corrected chi connectivity index (χ0v) is 13.1. The van der Waals surface area contributed by atoms with Crippen LogP contribution in [0.4, 0.5) is 0 Å². The van der Waals surface area contributed by atoms with Gasteiger partial charge in [0.15, 0.2) is 0 Å². The van der Waals surface area contributed by atoms with Gasteiger partial charge in [0.25, 0.3) is 0 Å². The summed E-state index contributed by atoms with van der Waals surface area (Å²) in [7, 11) is 0. The number of aliphatic imine (C=N–C) groups is 1. The minimum Gasteiger partial charge on any atom is -0.384 e. The molecule has 0 aliphatic heterocycles. The van der Waals surface area contributed by atoms with Crippen molar-refractivity contribution in [2.75, 3.05) is 0 Å². The van der Waals surface area contributed by atoms with Crippen molar-refractivity contribution in [3.05, 3.63) is 0 Å². The summed E-state index contributed by atoms with van der Waals surface area (Å²) in [5, 5.41) is 10.5. The fourth-order valence-corrected chi connectivity index (χ4v) is 1.77. The van der Waals surface area contributed by atoms with Gasteiger partial charge in [-0.1, -0.05) is 27.2 Å². The monoisotopic (exact) mass is 357 g/mol. The Balaban J connectivity index is 0. The summed E-state index contributed by atoms with van der Waals surface area (Å²) in [6, 6.07) is 0.261. The van der Waals surface area contributed by atoms with Gasteiger partial charge in [-0.05, 0) is 33.1 Å². The topological polar surface area (TPSA) is 32.6 Å². The quantitative estimate of drug-likeness (QED) is 0.755. The van der Waals surface area contributed by atoms with E-state index < -0.39 is 5.60 Å². The van der Waals surface area contributed by atoms with Crippen LogP contribution in [0.1, 0.15) is 54.4 Å². The van der Waals surface area contributed by atoms with Gasteiger partial charge in [-0.3, -0.25) is 4.99 Å². The molecule has 0 spiro atoms. The largest absolute Gasteiger partial charge is 0.384 e. The van der Waals surface area contributed by atoms with E-state index in [1.807, 2.05) is 20.8 Å². The molecule has 0 fully saturated rings. The Morgan fingerprint density at radius 2 is 1.73 bits per heavy atom. The molecule has 3 heteroatoms. The first-order valence-electron chi connectivity index (χ1n) is 5.61. The first kappa shape index (κ1) is 18.3. The van der Waals surface area contributed by atoms with Gasteiger partial charge in [-0.2, -0.15) is 0 Å². The van der Waals surface area contributed by atoms with Crippen molar-refractivity contribution in [3.63, 3.8) is 0 Å². The van der Waals surface area contributed by atoms with Crippen LogP contribution in [0.5, 0.6) is 0 Å². The van der Waals surface area contributed by atoms with E-state index in [9.17, 15) is 5.11 Å². The van der Waals surface area contributed by atoms with E-state index in [-0.39, 0.29) is 51.9 Å². The van der Waals surface area contributed by atoms with Crippen LogP contribution in [0.15, 0.2) is 4.99 Å². The maximum Gasteiger partial charge on any atom is 0.104 e. The van der Waals surface area contributed by atoms with Crippen LogP contribution >= 0.6 is 0 Å². The summed E-state index contributed by atoms with van der Waals surface area (Å²) in [6.45, 7) is 12.2. The second-order valence-corrected chi connectivity index (χ2v) is 4.64. The first-order valence-corrected chi connectivity index (χ1v) is 5.61. The molecule has 0 bridgehead atoms. The summed E-state index contributed by atoms with van der Waals surface area (Å²) in [6.07, 6.45) is 1.78. The Morgan fingerprint density at radius 1 is 1.27 bits per heavy atom. The van der Waals surface area contributed by atoms with Gasteiger partial charge in [0.05, 0.1) is 0 Å². The van der Waals surface area contributed by atoms with E-state index in [0.29, 0.717) is 0 Å². The fourth-order valence-electron chi connectivity index (χ4n) is 1.77. The average Bonchev–Trinajstić information content (AvgIpc) is 2.02. The zero-order chi connectivity index (χ0) is 11.4. The summed E-state index contributed by atoms with van der Waals surface area (Å²) in [4.78, 5) is 4.46. The second-order valence-electron chi connectivity index (χ2n) is 4.64. The molecule has 0 rings (SSSR count). The van der Waals surface area contributed by atoms with E-state index >= 15 is 0 Å². The Morgan fingerprint density at radius 3 is 2.00 bits per heavy atom. The molecular weight excluding hydrogens is 331 g/mol. The van der Waals surface area contributed by atoms with E-state index in [1.54, 1.807) is 0 Å². The maximum atomic E-state index is 10.5. The molecule has 0 amide bonds. The van der Waals surface area contributed by atoms with Crippen LogP contribution in [0.3, 0.4) is 0 Å². The maximum absolute atomic E-state index is 10.5. The van der Waals surface area contributed by atoms with Gasteiger partial charge in [0.2, 0.25) is 0 Å². The van der Waals surface area contributed by atoms with Crippen molar-refractivity contribution in [2.45, 2.75) is 66.0 Å². The predicted molar refractivity (Wildman–Crippen MR) is 62.9 cm³/mol. The van der Waals surface area contributed by atoms with Crippen molar-refractivity contribution < 1.29 is 45.0 Å². The Labute approximate surface area is 127 Å². The molecule has 0 aromatic heterocycles. The van der Waals surface area contributed by atoms with Crippen molar-refractivity contribution in [2.24, 2.45) is 10.9 Å². The van der Waals surface area contributed by atoms with Gasteiger partial charge in [-0.25, -0.2) is 0 Å². The molecule has 0 saturated carbocycles. The number of rotatable bonds is 5. The van der Waals surface area contributed by atoms with Gasteiger partial charge in [0.1, 0.15) is 5.60 Å². The van der Waals surface area contributed by atoms with Gasteiger partial charge in [0, 0.05) is 51.7 Å².